The summed E-state index contributed by atoms with van der Waals surface area (Å²) in [4.78, 5) is 26.9. The van der Waals surface area contributed by atoms with Crippen LogP contribution in [0.1, 0.15) is 22.3 Å². The van der Waals surface area contributed by atoms with Gasteiger partial charge in [0.1, 0.15) is 12.4 Å². The third-order valence-electron chi connectivity index (χ3n) is 5.13. The number of halogens is 1. The Balaban J connectivity index is 1.51. The van der Waals surface area contributed by atoms with Crippen molar-refractivity contribution in [2.75, 3.05) is 7.11 Å². The lowest BCUT2D eigenvalue weighted by Crippen LogP contribution is -2.27. The van der Waals surface area contributed by atoms with E-state index in [0.717, 1.165) is 28.5 Å². The maximum Gasteiger partial charge on any atom is 0.293 e. The third-order valence-corrected chi connectivity index (χ3v) is 6.04. The fourth-order valence-corrected chi connectivity index (χ4v) is 4.14. The Morgan fingerprint density at radius 3 is 2.33 bits per heavy atom. The number of carbonyl (C=O) groups is 2. The molecule has 1 saturated heterocycles. The van der Waals surface area contributed by atoms with E-state index in [-0.39, 0.29) is 30.1 Å². The molecule has 1 aliphatic rings. The van der Waals surface area contributed by atoms with Crippen LogP contribution >= 0.6 is 11.8 Å². The molecule has 1 heterocycles. The van der Waals surface area contributed by atoms with Crippen LogP contribution in [0.25, 0.3) is 6.08 Å². The Labute approximate surface area is 195 Å². The number of thioether (sulfide) groups is 1. The van der Waals surface area contributed by atoms with E-state index in [0.29, 0.717) is 22.0 Å². The van der Waals surface area contributed by atoms with E-state index >= 15 is 0 Å². The zero-order valence-corrected chi connectivity index (χ0v) is 19.0. The summed E-state index contributed by atoms with van der Waals surface area (Å²) in [6.07, 6.45) is 1.67. The molecule has 7 heteroatoms. The van der Waals surface area contributed by atoms with Gasteiger partial charge in [-0.15, -0.1) is 0 Å². The van der Waals surface area contributed by atoms with Crippen molar-refractivity contribution in [2.45, 2.75) is 20.1 Å². The van der Waals surface area contributed by atoms with E-state index < -0.39 is 0 Å². The molecule has 0 spiro atoms. The SMILES string of the molecule is COc1ccc(/C=C2\SC(=O)N(Cc3ccc(C)cc3)C2=O)cc1OCc1ccc(F)cc1. The van der Waals surface area contributed by atoms with Crippen LogP contribution in [0.5, 0.6) is 11.5 Å². The predicted octanol–water partition coefficient (Wildman–Crippen LogP) is 5.96. The van der Waals surface area contributed by atoms with Gasteiger partial charge in [0, 0.05) is 0 Å². The molecule has 0 aromatic heterocycles. The van der Waals surface area contributed by atoms with Gasteiger partial charge in [0.2, 0.25) is 0 Å². The van der Waals surface area contributed by atoms with Gasteiger partial charge in [-0.05, 0) is 65.7 Å². The zero-order valence-electron chi connectivity index (χ0n) is 18.2. The summed E-state index contributed by atoms with van der Waals surface area (Å²) >= 11 is 0.917. The second-order valence-electron chi connectivity index (χ2n) is 7.58. The first-order chi connectivity index (χ1) is 15.9. The Kier molecular flexibility index (Phi) is 6.79. The molecular formula is C26H22FNO4S. The minimum Gasteiger partial charge on any atom is -0.493 e. The summed E-state index contributed by atoms with van der Waals surface area (Å²) in [5, 5.41) is -0.298. The number of amides is 2. The van der Waals surface area contributed by atoms with Crippen molar-refractivity contribution in [3.8, 4) is 11.5 Å². The number of benzene rings is 3. The van der Waals surface area contributed by atoms with Crippen LogP contribution in [0.2, 0.25) is 0 Å². The number of rotatable bonds is 7. The molecule has 1 fully saturated rings. The maximum atomic E-state index is 13.1. The fourth-order valence-electron chi connectivity index (χ4n) is 3.30. The molecule has 0 radical (unpaired) electrons. The molecule has 0 bridgehead atoms. The smallest absolute Gasteiger partial charge is 0.293 e. The number of ether oxygens (including phenoxy) is 2. The Morgan fingerprint density at radius 1 is 0.939 bits per heavy atom. The first kappa shape index (κ1) is 22.6. The summed E-state index contributed by atoms with van der Waals surface area (Å²) in [6.45, 7) is 2.45. The Bertz CT molecular complexity index is 1210. The van der Waals surface area contributed by atoms with Crippen LogP contribution in [0, 0.1) is 12.7 Å². The molecule has 4 rings (SSSR count). The molecular weight excluding hydrogens is 441 g/mol. The maximum absolute atomic E-state index is 13.1. The van der Waals surface area contributed by atoms with Crippen molar-refractivity contribution in [2.24, 2.45) is 0 Å². The van der Waals surface area contributed by atoms with E-state index in [9.17, 15) is 14.0 Å². The molecule has 0 atom stereocenters. The quantitative estimate of drug-likeness (QED) is 0.405. The normalized spacial score (nSPS) is 14.8. The van der Waals surface area contributed by atoms with E-state index in [1.165, 1.54) is 24.1 Å². The van der Waals surface area contributed by atoms with Gasteiger partial charge in [0.15, 0.2) is 11.5 Å². The number of imide groups is 1. The number of nitrogens with zero attached hydrogens (tertiary/aromatic N) is 1. The second kappa shape index (κ2) is 9.92. The van der Waals surface area contributed by atoms with Crippen LogP contribution in [0.3, 0.4) is 0 Å². The van der Waals surface area contributed by atoms with Crippen LogP contribution < -0.4 is 9.47 Å². The molecule has 2 amide bonds. The Hall–Kier alpha value is -3.58. The summed E-state index contributed by atoms with van der Waals surface area (Å²) in [5.41, 5.74) is 3.52. The summed E-state index contributed by atoms with van der Waals surface area (Å²) in [5.74, 6) is 0.376. The highest BCUT2D eigenvalue weighted by Gasteiger charge is 2.35. The fraction of sp³-hybridized carbons (Fsp3) is 0.154. The highest BCUT2D eigenvalue weighted by atomic mass is 32.2. The second-order valence-corrected chi connectivity index (χ2v) is 8.57. The summed E-state index contributed by atoms with van der Waals surface area (Å²) in [6, 6.07) is 19.1. The van der Waals surface area contributed by atoms with Crippen molar-refractivity contribution in [1.82, 2.24) is 4.90 Å². The molecule has 3 aromatic carbocycles. The average molecular weight is 464 g/mol. The number of hydrogen-bond donors (Lipinski definition) is 0. The monoisotopic (exact) mass is 463 g/mol. The molecule has 168 valence electrons. The van der Waals surface area contributed by atoms with E-state index in [4.69, 9.17) is 9.47 Å². The number of methoxy groups -OCH3 is 1. The predicted molar refractivity (Wildman–Crippen MR) is 126 cm³/mol. The molecule has 5 nitrogen and oxygen atoms in total. The van der Waals surface area contributed by atoms with Gasteiger partial charge in [0.05, 0.1) is 18.6 Å². The zero-order chi connectivity index (χ0) is 23.4. The standard InChI is InChI=1S/C26H22FNO4S/c1-17-3-5-18(6-4-17)15-28-25(29)24(33-26(28)30)14-20-9-12-22(31-2)23(13-20)32-16-19-7-10-21(27)11-8-19/h3-14H,15-16H2,1-2H3/b24-14-. The topological polar surface area (TPSA) is 55.8 Å². The lowest BCUT2D eigenvalue weighted by atomic mass is 10.1. The minimum absolute atomic E-state index is 0.229. The van der Waals surface area contributed by atoms with Gasteiger partial charge < -0.3 is 9.47 Å². The molecule has 0 saturated carbocycles. The van der Waals surface area contributed by atoms with E-state index in [2.05, 4.69) is 0 Å². The van der Waals surface area contributed by atoms with E-state index in [1.807, 2.05) is 31.2 Å². The Morgan fingerprint density at radius 2 is 1.64 bits per heavy atom. The van der Waals surface area contributed by atoms with Gasteiger partial charge in [-0.2, -0.15) is 0 Å². The summed E-state index contributed by atoms with van der Waals surface area (Å²) in [7, 11) is 1.54. The lowest BCUT2D eigenvalue weighted by Gasteiger charge is -2.13. The first-order valence-corrected chi connectivity index (χ1v) is 11.1. The minimum atomic E-state index is -0.324. The van der Waals surface area contributed by atoms with Crippen molar-refractivity contribution in [1.29, 1.82) is 0 Å². The van der Waals surface area contributed by atoms with Crippen LogP contribution in [0.15, 0.2) is 71.6 Å². The number of hydrogen-bond acceptors (Lipinski definition) is 5. The highest BCUT2D eigenvalue weighted by molar-refractivity contribution is 8.18. The third kappa shape index (κ3) is 5.43. The molecule has 0 aliphatic carbocycles. The van der Waals surface area contributed by atoms with Crippen LogP contribution in [0.4, 0.5) is 9.18 Å². The molecule has 3 aromatic rings. The van der Waals surface area contributed by atoms with Crippen molar-refractivity contribution in [3.05, 3.63) is 99.7 Å². The van der Waals surface area contributed by atoms with Crippen LogP contribution in [-0.4, -0.2) is 23.2 Å². The summed E-state index contributed by atoms with van der Waals surface area (Å²) < 4.78 is 24.4. The van der Waals surface area contributed by atoms with Crippen molar-refractivity contribution in [3.63, 3.8) is 0 Å². The van der Waals surface area contributed by atoms with Crippen molar-refractivity contribution >= 4 is 29.0 Å². The highest BCUT2D eigenvalue weighted by Crippen LogP contribution is 2.35. The average Bonchev–Trinajstić information content (AvgIpc) is 3.07. The number of aryl methyl sites for hydroxylation is 1. The van der Waals surface area contributed by atoms with Gasteiger partial charge in [-0.25, -0.2) is 4.39 Å². The van der Waals surface area contributed by atoms with Gasteiger partial charge in [-0.3, -0.25) is 14.5 Å². The lowest BCUT2D eigenvalue weighted by molar-refractivity contribution is -0.123. The first-order valence-electron chi connectivity index (χ1n) is 10.3. The van der Waals surface area contributed by atoms with Gasteiger partial charge in [0.25, 0.3) is 11.1 Å². The van der Waals surface area contributed by atoms with Crippen LogP contribution in [-0.2, 0) is 17.9 Å². The van der Waals surface area contributed by atoms with Gasteiger partial charge >= 0.3 is 0 Å². The molecule has 33 heavy (non-hydrogen) atoms. The van der Waals surface area contributed by atoms with Gasteiger partial charge in [-0.1, -0.05) is 48.0 Å². The molecule has 1 aliphatic heterocycles. The van der Waals surface area contributed by atoms with E-state index in [1.54, 1.807) is 36.4 Å². The largest absolute Gasteiger partial charge is 0.493 e. The molecule has 0 N–H and O–H groups in total. The van der Waals surface area contributed by atoms with Crippen molar-refractivity contribution < 1.29 is 23.5 Å². The molecule has 0 unspecified atom stereocenters. The number of carbonyl (C=O) groups excluding carboxylic acids is 2.